The molecule has 0 saturated heterocycles. The molecule has 0 fully saturated rings. The highest BCUT2D eigenvalue weighted by molar-refractivity contribution is 7.99. The number of nitrogens with zero attached hydrogens (tertiary/aromatic N) is 2. The molecule has 4 nitrogen and oxygen atoms in total. The molecule has 1 aliphatic heterocycles. The van der Waals surface area contributed by atoms with Gasteiger partial charge in [-0.3, -0.25) is 4.79 Å². The molecule has 0 aliphatic carbocycles. The number of aromatic nitrogens is 2. The van der Waals surface area contributed by atoms with Crippen molar-refractivity contribution in [3.05, 3.63) is 52.8 Å². The molecule has 4 rings (SSSR count). The van der Waals surface area contributed by atoms with Gasteiger partial charge in [-0.05, 0) is 61.1 Å². The Morgan fingerprint density at radius 2 is 2.07 bits per heavy atom. The summed E-state index contributed by atoms with van der Waals surface area (Å²) in [6, 6.07) is 9.96. The smallest absolute Gasteiger partial charge is 0.304 e. The highest BCUT2D eigenvalue weighted by Gasteiger charge is 2.31. The number of carbonyl (C=O) groups is 1. The molecule has 2 aromatic heterocycles. The van der Waals surface area contributed by atoms with Crippen molar-refractivity contribution in [2.24, 2.45) is 5.92 Å². The normalized spacial score (nSPS) is 16.3. The Balaban J connectivity index is 1.93. The van der Waals surface area contributed by atoms with Gasteiger partial charge in [0, 0.05) is 44.6 Å². The van der Waals surface area contributed by atoms with Crippen molar-refractivity contribution in [1.29, 1.82) is 0 Å². The Hall–Kier alpha value is -1.98. The number of carboxylic acid groups (broad SMARTS) is 1. The molecule has 3 aromatic rings. The summed E-state index contributed by atoms with van der Waals surface area (Å²) in [4.78, 5) is 18.6. The Bertz CT molecular complexity index is 1040. The lowest BCUT2D eigenvalue weighted by Gasteiger charge is -2.25. The van der Waals surface area contributed by atoms with Gasteiger partial charge in [-0.1, -0.05) is 37.2 Å². The average Bonchev–Trinajstić information content (AvgIpc) is 2.99. The Kier molecular flexibility index (Phi) is 5.88. The molecule has 1 unspecified atom stereocenters. The van der Waals surface area contributed by atoms with Gasteiger partial charge in [0.1, 0.15) is 5.65 Å². The molecule has 1 atom stereocenters. The predicted molar refractivity (Wildman–Crippen MR) is 118 cm³/mol. The number of fused-ring (bicyclic) bond motifs is 3. The number of carboxylic acids is 1. The van der Waals surface area contributed by atoms with Crippen LogP contribution in [-0.2, 0) is 17.8 Å². The summed E-state index contributed by atoms with van der Waals surface area (Å²) in [5, 5.41) is 11.4. The van der Waals surface area contributed by atoms with Crippen LogP contribution in [0.15, 0.2) is 46.3 Å². The molecular weight excluding hydrogens is 404 g/mol. The fourth-order valence-electron chi connectivity index (χ4n) is 4.31. The van der Waals surface area contributed by atoms with Gasteiger partial charge in [0.25, 0.3) is 0 Å². The fraction of sp³-hybridized carbons (Fsp3) is 0.391. The number of hydrogen-bond acceptors (Lipinski definition) is 3. The van der Waals surface area contributed by atoms with Gasteiger partial charge >= 0.3 is 5.97 Å². The minimum atomic E-state index is -0.744. The molecule has 29 heavy (non-hydrogen) atoms. The van der Waals surface area contributed by atoms with Crippen molar-refractivity contribution in [2.45, 2.75) is 61.8 Å². The summed E-state index contributed by atoms with van der Waals surface area (Å²) < 4.78 is 2.27. The fourth-order valence-corrected chi connectivity index (χ4v) is 5.65. The maximum Gasteiger partial charge on any atom is 0.304 e. The van der Waals surface area contributed by atoms with Crippen molar-refractivity contribution in [1.82, 2.24) is 9.55 Å². The third-order valence-corrected chi connectivity index (χ3v) is 6.80. The van der Waals surface area contributed by atoms with Crippen LogP contribution in [0.4, 0.5) is 0 Å². The lowest BCUT2D eigenvalue weighted by molar-refractivity contribution is -0.137. The molecule has 0 bridgehead atoms. The van der Waals surface area contributed by atoms with Gasteiger partial charge in [-0.2, -0.15) is 0 Å². The summed E-state index contributed by atoms with van der Waals surface area (Å²) in [6.07, 6.45) is 4.90. The standard InChI is InChI=1S/C23H25ClN2O2S/c1-14(2)12-15-9-10-25-23-20(15)22(29-18-7-5-17(24)6-8-18)21-16(13-19(27)28)4-3-11-26(21)23/h5-10,14,16H,3-4,11-13H2,1-2H3,(H,27,28). The molecule has 0 spiro atoms. The zero-order valence-electron chi connectivity index (χ0n) is 16.7. The highest BCUT2D eigenvalue weighted by atomic mass is 35.5. The molecule has 1 aliphatic rings. The lowest BCUT2D eigenvalue weighted by Crippen LogP contribution is -2.18. The van der Waals surface area contributed by atoms with E-state index in [1.54, 1.807) is 11.8 Å². The van der Waals surface area contributed by atoms with E-state index in [0.717, 1.165) is 46.9 Å². The van der Waals surface area contributed by atoms with E-state index in [1.165, 1.54) is 10.9 Å². The van der Waals surface area contributed by atoms with E-state index >= 15 is 0 Å². The third-order valence-electron chi connectivity index (χ3n) is 5.43. The summed E-state index contributed by atoms with van der Waals surface area (Å²) in [5.41, 5.74) is 3.42. The highest BCUT2D eigenvalue weighted by Crippen LogP contribution is 2.46. The monoisotopic (exact) mass is 428 g/mol. The van der Waals surface area contributed by atoms with Gasteiger partial charge < -0.3 is 9.67 Å². The van der Waals surface area contributed by atoms with Crippen molar-refractivity contribution in [3.8, 4) is 0 Å². The van der Waals surface area contributed by atoms with Crippen LogP contribution < -0.4 is 0 Å². The first kappa shape index (κ1) is 20.3. The molecule has 152 valence electrons. The largest absolute Gasteiger partial charge is 0.481 e. The number of rotatable bonds is 6. The summed E-state index contributed by atoms with van der Waals surface area (Å²) in [5.74, 6) is -0.204. The van der Waals surface area contributed by atoms with Crippen LogP contribution >= 0.6 is 23.4 Å². The number of pyridine rings is 1. The van der Waals surface area contributed by atoms with Crippen LogP contribution in [0.3, 0.4) is 0 Å². The number of aliphatic carboxylic acids is 1. The van der Waals surface area contributed by atoms with Gasteiger partial charge in [-0.25, -0.2) is 4.98 Å². The number of hydrogen-bond donors (Lipinski definition) is 1. The first-order valence-corrected chi connectivity index (χ1v) is 11.3. The average molecular weight is 429 g/mol. The lowest BCUT2D eigenvalue weighted by atomic mass is 9.92. The quantitative estimate of drug-likeness (QED) is 0.494. The summed E-state index contributed by atoms with van der Waals surface area (Å²) >= 11 is 7.79. The zero-order valence-corrected chi connectivity index (χ0v) is 18.3. The van der Waals surface area contributed by atoms with E-state index in [0.29, 0.717) is 10.9 Å². The maximum absolute atomic E-state index is 11.6. The van der Waals surface area contributed by atoms with Gasteiger partial charge in [0.15, 0.2) is 0 Å². The molecule has 1 aromatic carbocycles. The topological polar surface area (TPSA) is 55.1 Å². The van der Waals surface area contributed by atoms with Crippen molar-refractivity contribution >= 4 is 40.4 Å². The third kappa shape index (κ3) is 4.17. The predicted octanol–water partition coefficient (Wildman–Crippen LogP) is 6.39. The summed E-state index contributed by atoms with van der Waals surface area (Å²) in [7, 11) is 0. The zero-order chi connectivity index (χ0) is 20.5. The van der Waals surface area contributed by atoms with E-state index in [2.05, 4.69) is 24.5 Å². The molecule has 3 heterocycles. The Morgan fingerprint density at radius 3 is 2.76 bits per heavy atom. The molecule has 0 amide bonds. The molecular formula is C23H25ClN2O2S. The van der Waals surface area contributed by atoms with Crippen LogP contribution in [0.1, 0.15) is 50.3 Å². The second-order valence-corrected chi connectivity index (χ2v) is 9.65. The van der Waals surface area contributed by atoms with E-state index in [1.807, 2.05) is 30.5 Å². The van der Waals surface area contributed by atoms with Crippen LogP contribution in [-0.4, -0.2) is 20.6 Å². The first-order valence-electron chi connectivity index (χ1n) is 10.1. The number of aryl methyl sites for hydroxylation is 1. The van der Waals surface area contributed by atoms with Crippen LogP contribution in [0.25, 0.3) is 11.0 Å². The second-order valence-electron chi connectivity index (χ2n) is 8.13. The maximum atomic E-state index is 11.6. The SMILES string of the molecule is CC(C)Cc1ccnc2c1c(Sc1ccc(Cl)cc1)c1n2CCCC1CC(=O)O. The van der Waals surface area contributed by atoms with Crippen LogP contribution in [0.2, 0.25) is 5.02 Å². The van der Waals surface area contributed by atoms with E-state index in [9.17, 15) is 9.90 Å². The van der Waals surface area contributed by atoms with Crippen molar-refractivity contribution in [2.75, 3.05) is 0 Å². The van der Waals surface area contributed by atoms with Gasteiger partial charge in [0.05, 0.1) is 6.42 Å². The second kappa shape index (κ2) is 8.41. The first-order chi connectivity index (χ1) is 13.9. The van der Waals surface area contributed by atoms with Gasteiger partial charge in [0.2, 0.25) is 0 Å². The Morgan fingerprint density at radius 1 is 1.31 bits per heavy atom. The van der Waals surface area contributed by atoms with Crippen LogP contribution in [0, 0.1) is 5.92 Å². The Labute approximate surface area is 180 Å². The summed E-state index contributed by atoms with van der Waals surface area (Å²) in [6.45, 7) is 5.34. The van der Waals surface area contributed by atoms with E-state index in [4.69, 9.17) is 16.6 Å². The molecule has 1 N–H and O–H groups in total. The molecule has 0 saturated carbocycles. The van der Waals surface area contributed by atoms with Crippen molar-refractivity contribution < 1.29 is 9.90 Å². The van der Waals surface area contributed by atoms with E-state index in [-0.39, 0.29) is 12.3 Å². The molecule has 6 heteroatoms. The number of benzene rings is 1. The number of halogens is 1. The molecule has 0 radical (unpaired) electrons. The minimum Gasteiger partial charge on any atom is -0.481 e. The van der Waals surface area contributed by atoms with E-state index < -0.39 is 5.97 Å². The van der Waals surface area contributed by atoms with Crippen molar-refractivity contribution in [3.63, 3.8) is 0 Å². The minimum absolute atomic E-state index is 0.0113. The van der Waals surface area contributed by atoms with Gasteiger partial charge in [-0.15, -0.1) is 0 Å². The van der Waals surface area contributed by atoms with Crippen LogP contribution in [0.5, 0.6) is 0 Å².